The molecule has 0 radical (unpaired) electrons. The minimum absolute atomic E-state index is 0.0293. The molecule has 0 aliphatic rings. The van der Waals surface area contributed by atoms with Crippen molar-refractivity contribution in [3.8, 4) is 11.8 Å². The number of carbonyl (C=O) groups excluding carboxylic acids is 1. The lowest BCUT2D eigenvalue weighted by atomic mass is 10.2. The zero-order chi connectivity index (χ0) is 15.2. The summed E-state index contributed by atoms with van der Waals surface area (Å²) in [4.78, 5) is 12.0. The molecule has 2 aromatic carbocycles. The number of carbonyl (C=O) groups is 1. The number of aliphatic hydroxyl groups excluding tert-OH is 1. The van der Waals surface area contributed by atoms with E-state index in [1.807, 2.05) is 0 Å². The molecule has 0 saturated heterocycles. The minimum Gasteiger partial charge on any atom is -0.384 e. The molecule has 2 N–H and O–H groups in total. The largest absolute Gasteiger partial charge is 0.384 e. The van der Waals surface area contributed by atoms with Crippen molar-refractivity contribution in [1.29, 1.82) is 0 Å². The summed E-state index contributed by atoms with van der Waals surface area (Å²) in [5.41, 5.74) is 1.46. The Labute approximate surface area is 126 Å². The Hall–Kier alpha value is -2.35. The van der Waals surface area contributed by atoms with E-state index in [1.54, 1.807) is 24.3 Å². The first-order valence-electron chi connectivity index (χ1n) is 6.06. The highest BCUT2D eigenvalue weighted by atomic mass is 35.5. The molecule has 0 aliphatic carbocycles. The van der Waals surface area contributed by atoms with E-state index in [0.29, 0.717) is 5.69 Å². The lowest BCUT2D eigenvalue weighted by Crippen LogP contribution is -2.12. The van der Waals surface area contributed by atoms with Gasteiger partial charge in [0.05, 0.1) is 5.02 Å². The van der Waals surface area contributed by atoms with E-state index < -0.39 is 11.7 Å². The van der Waals surface area contributed by atoms with E-state index in [4.69, 9.17) is 16.7 Å². The van der Waals surface area contributed by atoms with Gasteiger partial charge in [-0.05, 0) is 42.5 Å². The van der Waals surface area contributed by atoms with Gasteiger partial charge in [0.25, 0.3) is 5.91 Å². The van der Waals surface area contributed by atoms with Crippen LogP contribution < -0.4 is 5.32 Å². The van der Waals surface area contributed by atoms with Gasteiger partial charge in [-0.1, -0.05) is 23.4 Å². The maximum absolute atomic E-state index is 13.3. The molecular formula is C16H11ClFNO2. The minimum atomic E-state index is -0.640. The predicted molar refractivity (Wildman–Crippen MR) is 79.8 cm³/mol. The summed E-state index contributed by atoms with van der Waals surface area (Å²) in [5, 5.41) is 11.2. The highest BCUT2D eigenvalue weighted by Crippen LogP contribution is 2.17. The number of halogens is 2. The SMILES string of the molecule is O=C(Nc1ccc(C#CCO)cc1)c1ccc(Cl)c(F)c1. The summed E-state index contributed by atoms with van der Waals surface area (Å²) in [6.45, 7) is -0.208. The van der Waals surface area contributed by atoms with Crippen molar-refractivity contribution in [2.45, 2.75) is 0 Å². The topological polar surface area (TPSA) is 49.3 Å². The molecule has 21 heavy (non-hydrogen) atoms. The van der Waals surface area contributed by atoms with Gasteiger partial charge < -0.3 is 10.4 Å². The lowest BCUT2D eigenvalue weighted by molar-refractivity contribution is 0.102. The number of benzene rings is 2. The fourth-order valence-electron chi connectivity index (χ4n) is 1.62. The molecule has 1 amide bonds. The van der Waals surface area contributed by atoms with Crippen LogP contribution in [0.2, 0.25) is 5.02 Å². The van der Waals surface area contributed by atoms with Gasteiger partial charge in [-0.2, -0.15) is 0 Å². The summed E-state index contributed by atoms with van der Waals surface area (Å²) in [5.74, 6) is 4.20. The highest BCUT2D eigenvalue weighted by molar-refractivity contribution is 6.30. The number of amides is 1. The van der Waals surface area contributed by atoms with E-state index >= 15 is 0 Å². The molecule has 2 rings (SSSR count). The molecule has 0 heterocycles. The standard InChI is InChI=1S/C16H11ClFNO2/c17-14-8-5-12(10-15(14)18)16(21)19-13-6-3-11(4-7-13)2-1-9-20/h3-8,10,20H,9H2,(H,19,21). The molecule has 0 fully saturated rings. The van der Waals surface area contributed by atoms with E-state index in [0.717, 1.165) is 11.6 Å². The smallest absolute Gasteiger partial charge is 0.255 e. The normalized spacial score (nSPS) is 9.67. The molecule has 0 aromatic heterocycles. The van der Waals surface area contributed by atoms with Crippen molar-refractivity contribution in [3.05, 3.63) is 64.4 Å². The van der Waals surface area contributed by atoms with Crippen LogP contribution in [0.4, 0.5) is 10.1 Å². The van der Waals surface area contributed by atoms with Crippen molar-refractivity contribution < 1.29 is 14.3 Å². The van der Waals surface area contributed by atoms with Crippen molar-refractivity contribution in [2.24, 2.45) is 0 Å². The summed E-state index contributed by atoms with van der Waals surface area (Å²) in [7, 11) is 0. The first kappa shape index (κ1) is 15.0. The van der Waals surface area contributed by atoms with E-state index in [1.165, 1.54) is 12.1 Å². The molecule has 0 atom stereocenters. The number of anilines is 1. The molecule has 3 nitrogen and oxygen atoms in total. The van der Waals surface area contributed by atoms with Crippen LogP contribution in [-0.2, 0) is 0 Å². The molecule has 0 bridgehead atoms. The molecular weight excluding hydrogens is 293 g/mol. The Morgan fingerprint density at radius 1 is 1.24 bits per heavy atom. The number of nitrogens with one attached hydrogen (secondary N) is 1. The summed E-state index contributed by atoms with van der Waals surface area (Å²) >= 11 is 5.57. The van der Waals surface area contributed by atoms with Crippen LogP contribution in [-0.4, -0.2) is 17.6 Å². The van der Waals surface area contributed by atoms with Crippen molar-refractivity contribution in [1.82, 2.24) is 0 Å². The second kappa shape index (κ2) is 6.89. The van der Waals surface area contributed by atoms with Crippen LogP contribution in [0.1, 0.15) is 15.9 Å². The fourth-order valence-corrected chi connectivity index (χ4v) is 1.74. The van der Waals surface area contributed by atoms with Crippen LogP contribution in [0.25, 0.3) is 0 Å². The van der Waals surface area contributed by atoms with E-state index in [-0.39, 0.29) is 17.2 Å². The molecule has 106 valence electrons. The Bertz CT molecular complexity index is 717. The summed E-state index contributed by atoms with van der Waals surface area (Å²) < 4.78 is 13.3. The van der Waals surface area contributed by atoms with Crippen LogP contribution in [0.3, 0.4) is 0 Å². The van der Waals surface area contributed by atoms with Gasteiger partial charge in [0.1, 0.15) is 12.4 Å². The zero-order valence-electron chi connectivity index (χ0n) is 10.9. The fraction of sp³-hybridized carbons (Fsp3) is 0.0625. The summed E-state index contributed by atoms with van der Waals surface area (Å²) in [6.07, 6.45) is 0. The zero-order valence-corrected chi connectivity index (χ0v) is 11.6. The molecule has 2 aromatic rings. The molecule has 0 aliphatic heterocycles. The number of hydrogen-bond donors (Lipinski definition) is 2. The van der Waals surface area contributed by atoms with E-state index in [9.17, 15) is 9.18 Å². The Morgan fingerprint density at radius 3 is 2.57 bits per heavy atom. The maximum Gasteiger partial charge on any atom is 0.255 e. The number of rotatable bonds is 2. The Balaban J connectivity index is 2.10. The molecule has 5 heteroatoms. The first-order chi connectivity index (χ1) is 10.1. The third kappa shape index (κ3) is 4.06. The monoisotopic (exact) mass is 303 g/mol. The van der Waals surface area contributed by atoms with Crippen LogP contribution in [0, 0.1) is 17.7 Å². The van der Waals surface area contributed by atoms with Crippen LogP contribution in [0.5, 0.6) is 0 Å². The van der Waals surface area contributed by atoms with Gasteiger partial charge in [0.15, 0.2) is 0 Å². The molecule has 0 spiro atoms. The Kier molecular flexibility index (Phi) is 4.94. The van der Waals surface area contributed by atoms with Crippen molar-refractivity contribution >= 4 is 23.2 Å². The highest BCUT2D eigenvalue weighted by Gasteiger charge is 2.09. The predicted octanol–water partition coefficient (Wildman–Crippen LogP) is 3.08. The number of hydrogen-bond acceptors (Lipinski definition) is 2. The third-order valence-corrected chi connectivity index (χ3v) is 2.94. The second-order valence-electron chi connectivity index (χ2n) is 4.12. The van der Waals surface area contributed by atoms with Crippen LogP contribution in [0.15, 0.2) is 42.5 Å². The van der Waals surface area contributed by atoms with Gasteiger partial charge in [-0.25, -0.2) is 4.39 Å². The maximum atomic E-state index is 13.3. The van der Waals surface area contributed by atoms with Gasteiger partial charge in [-0.3, -0.25) is 4.79 Å². The quantitative estimate of drug-likeness (QED) is 0.838. The third-order valence-electron chi connectivity index (χ3n) is 2.64. The van der Waals surface area contributed by atoms with Gasteiger partial charge >= 0.3 is 0 Å². The Morgan fingerprint density at radius 2 is 1.95 bits per heavy atom. The molecule has 0 saturated carbocycles. The lowest BCUT2D eigenvalue weighted by Gasteiger charge is -2.06. The van der Waals surface area contributed by atoms with Gasteiger partial charge in [-0.15, -0.1) is 0 Å². The number of aliphatic hydroxyl groups is 1. The average Bonchev–Trinajstić information content (AvgIpc) is 2.49. The van der Waals surface area contributed by atoms with Gasteiger partial charge in [0, 0.05) is 16.8 Å². The average molecular weight is 304 g/mol. The van der Waals surface area contributed by atoms with Gasteiger partial charge in [0.2, 0.25) is 0 Å². The summed E-state index contributed by atoms with van der Waals surface area (Å²) in [6, 6.07) is 10.6. The van der Waals surface area contributed by atoms with E-state index in [2.05, 4.69) is 17.2 Å². The molecule has 0 unspecified atom stereocenters. The first-order valence-corrected chi connectivity index (χ1v) is 6.44. The van der Waals surface area contributed by atoms with Crippen molar-refractivity contribution in [2.75, 3.05) is 11.9 Å². The van der Waals surface area contributed by atoms with Crippen LogP contribution >= 0.6 is 11.6 Å². The van der Waals surface area contributed by atoms with Crippen molar-refractivity contribution in [3.63, 3.8) is 0 Å². The second-order valence-corrected chi connectivity index (χ2v) is 4.53.